The molecule has 2 atom stereocenters. The molecule has 0 saturated carbocycles. The van der Waals surface area contributed by atoms with Gasteiger partial charge in [0.2, 0.25) is 0 Å². The zero-order valence-corrected chi connectivity index (χ0v) is 17.6. The Morgan fingerprint density at radius 3 is 2.20 bits per heavy atom. The first-order valence-corrected chi connectivity index (χ1v) is 11.3. The van der Waals surface area contributed by atoms with E-state index in [4.69, 9.17) is 5.11 Å². The second-order valence-corrected chi connectivity index (χ2v) is 8.82. The van der Waals surface area contributed by atoms with Gasteiger partial charge in [0.15, 0.2) is 0 Å². The molecule has 2 aliphatic heterocycles. The zero-order valence-electron chi connectivity index (χ0n) is 16.8. The Bertz CT molecular complexity index is 917. The molecule has 2 saturated heterocycles. The molecule has 5 nitrogen and oxygen atoms in total. The number of carbonyl (C=O) groups is 2. The highest BCUT2D eigenvalue weighted by molar-refractivity contribution is 8.03. The maximum absolute atomic E-state index is 13.4. The number of rotatable bonds is 8. The fraction of sp³-hybridized carbons (Fsp3) is 0.333. The SMILES string of the molecule is O=C(O)CCC/C=C1\SC[C@H]2[C@@H]1N(Cc1ccccc1)C(=O)N2Cc1ccccc1. The fourth-order valence-electron chi connectivity index (χ4n) is 4.18. The number of carboxylic acids is 1. The van der Waals surface area contributed by atoms with Crippen molar-refractivity contribution in [2.75, 3.05) is 5.75 Å². The van der Waals surface area contributed by atoms with Gasteiger partial charge in [-0.1, -0.05) is 66.7 Å². The molecule has 2 amide bonds. The largest absolute Gasteiger partial charge is 0.481 e. The molecule has 0 bridgehead atoms. The number of hydrogen-bond donors (Lipinski definition) is 1. The quantitative estimate of drug-likeness (QED) is 0.493. The normalized spacial score (nSPS) is 22.0. The van der Waals surface area contributed by atoms with E-state index >= 15 is 0 Å². The Labute approximate surface area is 181 Å². The summed E-state index contributed by atoms with van der Waals surface area (Å²) in [6, 6.07) is 20.5. The van der Waals surface area contributed by atoms with Crippen LogP contribution in [0.25, 0.3) is 0 Å². The minimum absolute atomic E-state index is 0.0382. The number of urea groups is 1. The minimum atomic E-state index is -0.763. The van der Waals surface area contributed by atoms with Crippen LogP contribution < -0.4 is 0 Å². The Morgan fingerprint density at radius 2 is 1.60 bits per heavy atom. The summed E-state index contributed by atoms with van der Waals surface area (Å²) in [5, 5.41) is 8.89. The molecular formula is C24H26N2O3S. The lowest BCUT2D eigenvalue weighted by Gasteiger charge is -2.23. The summed E-state index contributed by atoms with van der Waals surface area (Å²) >= 11 is 1.80. The Hall–Kier alpha value is -2.73. The van der Waals surface area contributed by atoms with Crippen LogP contribution in [0, 0.1) is 0 Å². The van der Waals surface area contributed by atoms with Crippen molar-refractivity contribution in [2.45, 2.75) is 44.4 Å². The monoisotopic (exact) mass is 422 g/mol. The molecule has 156 valence electrons. The van der Waals surface area contributed by atoms with Gasteiger partial charge in [-0.25, -0.2) is 4.79 Å². The molecule has 2 aromatic carbocycles. The van der Waals surface area contributed by atoms with E-state index in [0.717, 1.165) is 23.3 Å². The van der Waals surface area contributed by atoms with Gasteiger partial charge >= 0.3 is 12.0 Å². The summed E-state index contributed by atoms with van der Waals surface area (Å²) in [5.74, 6) is 0.111. The standard InChI is InChI=1S/C24H26N2O3S/c27-22(28)14-8-7-13-21-23-20(17-30-21)25(15-18-9-3-1-4-10-18)24(29)26(23)16-19-11-5-2-6-12-19/h1-6,9-13,20,23H,7-8,14-17H2,(H,27,28)/b21-13-/t20-,23-/m0/s1. The molecular weight excluding hydrogens is 396 g/mol. The number of benzene rings is 2. The summed E-state index contributed by atoms with van der Waals surface area (Å²) in [5.41, 5.74) is 2.25. The summed E-state index contributed by atoms with van der Waals surface area (Å²) in [4.78, 5) is 29.4. The first-order chi connectivity index (χ1) is 14.6. The molecule has 2 fully saturated rings. The van der Waals surface area contributed by atoms with Gasteiger partial charge in [0, 0.05) is 30.2 Å². The first-order valence-electron chi connectivity index (χ1n) is 10.3. The molecule has 0 aliphatic carbocycles. The average molecular weight is 423 g/mol. The molecule has 2 aromatic rings. The molecule has 0 unspecified atom stereocenters. The molecule has 0 radical (unpaired) electrons. The van der Waals surface area contributed by atoms with Gasteiger partial charge in [-0.05, 0) is 24.0 Å². The van der Waals surface area contributed by atoms with Gasteiger partial charge in [0.05, 0.1) is 12.1 Å². The summed E-state index contributed by atoms with van der Waals surface area (Å²) in [6.07, 6.45) is 3.67. The predicted octanol–water partition coefficient (Wildman–Crippen LogP) is 4.75. The molecule has 2 aliphatic rings. The number of allylic oxidation sites excluding steroid dienone is 1. The number of carbonyl (C=O) groups excluding carboxylic acids is 1. The van der Waals surface area contributed by atoms with E-state index < -0.39 is 5.97 Å². The third-order valence-electron chi connectivity index (χ3n) is 5.64. The van der Waals surface area contributed by atoms with Crippen LogP contribution in [0.4, 0.5) is 4.79 Å². The molecule has 0 aromatic heterocycles. The number of unbranched alkanes of at least 4 members (excludes halogenated alkanes) is 1. The van der Waals surface area contributed by atoms with Crippen molar-refractivity contribution in [1.82, 2.24) is 9.80 Å². The summed E-state index contributed by atoms with van der Waals surface area (Å²) in [6.45, 7) is 1.19. The highest BCUT2D eigenvalue weighted by Crippen LogP contribution is 2.43. The van der Waals surface area contributed by atoms with Crippen molar-refractivity contribution in [3.05, 3.63) is 82.8 Å². The van der Waals surface area contributed by atoms with Gasteiger partial charge in [0.25, 0.3) is 0 Å². The average Bonchev–Trinajstić information content (AvgIpc) is 3.27. The van der Waals surface area contributed by atoms with Crippen molar-refractivity contribution < 1.29 is 14.7 Å². The molecule has 1 N–H and O–H groups in total. The van der Waals surface area contributed by atoms with E-state index in [0.29, 0.717) is 19.5 Å². The van der Waals surface area contributed by atoms with E-state index in [-0.39, 0.29) is 24.5 Å². The van der Waals surface area contributed by atoms with Crippen LogP contribution in [0.15, 0.2) is 71.6 Å². The Morgan fingerprint density at radius 1 is 1.00 bits per heavy atom. The summed E-state index contributed by atoms with van der Waals surface area (Å²) in [7, 11) is 0. The number of nitrogens with zero attached hydrogens (tertiary/aromatic N) is 2. The second kappa shape index (κ2) is 9.39. The zero-order chi connectivity index (χ0) is 20.9. The predicted molar refractivity (Wildman–Crippen MR) is 119 cm³/mol. The number of amides is 2. The number of fused-ring (bicyclic) bond motifs is 1. The number of thioether (sulfide) groups is 1. The number of carboxylic acid groups (broad SMARTS) is 1. The fourth-order valence-corrected chi connectivity index (χ4v) is 5.60. The van der Waals surface area contributed by atoms with Crippen LogP contribution in [0.3, 0.4) is 0 Å². The topological polar surface area (TPSA) is 60.9 Å². The molecule has 2 heterocycles. The van der Waals surface area contributed by atoms with E-state index in [1.807, 2.05) is 46.2 Å². The number of hydrogen-bond acceptors (Lipinski definition) is 3. The van der Waals surface area contributed by atoms with E-state index in [9.17, 15) is 9.59 Å². The summed E-state index contributed by atoms with van der Waals surface area (Å²) < 4.78 is 0. The van der Waals surface area contributed by atoms with E-state index in [2.05, 4.69) is 30.3 Å². The molecule has 4 rings (SSSR count). The smallest absolute Gasteiger partial charge is 0.321 e. The van der Waals surface area contributed by atoms with Gasteiger partial charge in [-0.2, -0.15) is 0 Å². The second-order valence-electron chi connectivity index (χ2n) is 7.73. The van der Waals surface area contributed by atoms with Crippen LogP contribution in [0.5, 0.6) is 0 Å². The van der Waals surface area contributed by atoms with Gasteiger partial charge in [-0.15, -0.1) is 11.8 Å². The highest BCUT2D eigenvalue weighted by atomic mass is 32.2. The van der Waals surface area contributed by atoms with Crippen LogP contribution in [0.1, 0.15) is 30.4 Å². The lowest BCUT2D eigenvalue weighted by atomic mass is 10.1. The van der Waals surface area contributed by atoms with Crippen LogP contribution in [0.2, 0.25) is 0 Å². The maximum Gasteiger partial charge on any atom is 0.321 e. The van der Waals surface area contributed by atoms with Crippen LogP contribution >= 0.6 is 11.8 Å². The van der Waals surface area contributed by atoms with Gasteiger partial charge in [-0.3, -0.25) is 4.79 Å². The lowest BCUT2D eigenvalue weighted by Crippen LogP contribution is -2.35. The van der Waals surface area contributed by atoms with Crippen LogP contribution in [-0.4, -0.2) is 44.7 Å². The third-order valence-corrected chi connectivity index (χ3v) is 6.89. The van der Waals surface area contributed by atoms with E-state index in [1.54, 1.807) is 11.8 Å². The Balaban J connectivity index is 1.56. The van der Waals surface area contributed by atoms with Gasteiger partial charge in [0.1, 0.15) is 0 Å². The lowest BCUT2D eigenvalue weighted by molar-refractivity contribution is -0.137. The molecule has 0 spiro atoms. The van der Waals surface area contributed by atoms with Crippen molar-refractivity contribution >= 4 is 23.8 Å². The van der Waals surface area contributed by atoms with Crippen molar-refractivity contribution in [2.24, 2.45) is 0 Å². The third kappa shape index (κ3) is 4.54. The Kier molecular flexibility index (Phi) is 6.43. The van der Waals surface area contributed by atoms with Gasteiger partial charge < -0.3 is 14.9 Å². The van der Waals surface area contributed by atoms with Crippen LogP contribution in [-0.2, 0) is 17.9 Å². The highest BCUT2D eigenvalue weighted by Gasteiger charge is 2.50. The minimum Gasteiger partial charge on any atom is -0.481 e. The first kappa shape index (κ1) is 20.5. The van der Waals surface area contributed by atoms with Crippen molar-refractivity contribution in [3.63, 3.8) is 0 Å². The van der Waals surface area contributed by atoms with Crippen molar-refractivity contribution in [1.29, 1.82) is 0 Å². The number of aliphatic carboxylic acids is 1. The van der Waals surface area contributed by atoms with E-state index in [1.165, 1.54) is 4.91 Å². The maximum atomic E-state index is 13.4. The van der Waals surface area contributed by atoms with Crippen molar-refractivity contribution in [3.8, 4) is 0 Å². The molecule has 6 heteroatoms. The molecule has 30 heavy (non-hydrogen) atoms.